The number of likely N-dealkylation sites (tertiary alicyclic amines) is 1. The van der Waals surface area contributed by atoms with Crippen molar-refractivity contribution in [2.45, 2.75) is 64.6 Å². The van der Waals surface area contributed by atoms with E-state index >= 15 is 0 Å². The predicted octanol–water partition coefficient (Wildman–Crippen LogP) is 5.26. The van der Waals surface area contributed by atoms with Crippen molar-refractivity contribution in [3.63, 3.8) is 0 Å². The van der Waals surface area contributed by atoms with E-state index in [0.29, 0.717) is 6.04 Å². The largest absolute Gasteiger partial charge is 0.497 e. The van der Waals surface area contributed by atoms with Gasteiger partial charge in [-0.1, -0.05) is 39.0 Å². The molecule has 3 aromatic rings. The van der Waals surface area contributed by atoms with Gasteiger partial charge in [0.15, 0.2) is 0 Å². The zero-order valence-corrected chi connectivity index (χ0v) is 17.9. The van der Waals surface area contributed by atoms with Gasteiger partial charge < -0.3 is 9.30 Å². The third-order valence-corrected chi connectivity index (χ3v) is 6.16. The van der Waals surface area contributed by atoms with E-state index < -0.39 is 0 Å². The number of aromatic nitrogens is 3. The van der Waals surface area contributed by atoms with E-state index in [2.05, 4.69) is 56.8 Å². The second-order valence-electron chi connectivity index (χ2n) is 8.33. The Balaban J connectivity index is 1.41. The summed E-state index contributed by atoms with van der Waals surface area (Å²) >= 11 is 0. The van der Waals surface area contributed by atoms with Crippen LogP contribution in [0.15, 0.2) is 42.9 Å². The first-order chi connectivity index (χ1) is 14.3. The van der Waals surface area contributed by atoms with Gasteiger partial charge in [-0.2, -0.15) is 5.10 Å². The van der Waals surface area contributed by atoms with E-state index in [1.165, 1.54) is 55.0 Å². The number of unbranched alkanes of at least 4 members (excludes halogenated alkanes) is 5. The molecule has 1 fully saturated rings. The van der Waals surface area contributed by atoms with Crippen LogP contribution in [0.4, 0.5) is 0 Å². The van der Waals surface area contributed by atoms with Gasteiger partial charge in [0.2, 0.25) is 0 Å². The van der Waals surface area contributed by atoms with E-state index in [0.717, 1.165) is 31.9 Å². The molecule has 3 heterocycles. The molecule has 0 radical (unpaired) electrons. The minimum absolute atomic E-state index is 0.515. The number of rotatable bonds is 11. The van der Waals surface area contributed by atoms with Crippen LogP contribution in [0.1, 0.15) is 57.1 Å². The van der Waals surface area contributed by atoms with Gasteiger partial charge in [0.1, 0.15) is 5.75 Å². The lowest BCUT2D eigenvalue weighted by Gasteiger charge is -2.39. The summed E-state index contributed by atoms with van der Waals surface area (Å²) in [5.74, 6) is 0.939. The summed E-state index contributed by atoms with van der Waals surface area (Å²) in [6.45, 7) is 6.51. The molecule has 1 aromatic carbocycles. The predicted molar refractivity (Wildman–Crippen MR) is 118 cm³/mol. The van der Waals surface area contributed by atoms with Crippen LogP contribution in [0.2, 0.25) is 0 Å². The number of aryl methyl sites for hydroxylation is 1. The lowest BCUT2D eigenvalue weighted by atomic mass is 10.1. The Morgan fingerprint density at radius 2 is 1.93 bits per heavy atom. The number of ether oxygens (including phenoxy) is 1. The molecule has 5 heteroatoms. The first-order valence-electron chi connectivity index (χ1n) is 11.2. The standard InChI is InChI=1S/C24H34N4O/c1-3-4-5-6-7-8-13-27-17-20(23-11-10-22(29-2)15-24(23)27)16-26-18-21(19-26)28-14-9-12-25-28/h9-12,14-15,17,21H,3-8,13,16,18-19H2,1-2H3. The molecule has 1 saturated heterocycles. The van der Waals surface area contributed by atoms with Gasteiger partial charge >= 0.3 is 0 Å². The number of fused-ring (bicyclic) bond motifs is 1. The SMILES string of the molecule is CCCCCCCCn1cc(CN2CC(n3cccn3)C2)c2ccc(OC)cc21. The van der Waals surface area contributed by atoms with Crippen molar-refractivity contribution < 1.29 is 4.74 Å². The number of benzene rings is 1. The van der Waals surface area contributed by atoms with Crippen LogP contribution in [0.5, 0.6) is 5.75 Å². The minimum atomic E-state index is 0.515. The van der Waals surface area contributed by atoms with Gasteiger partial charge in [-0.05, 0) is 30.2 Å². The quantitative estimate of drug-likeness (QED) is 0.416. The van der Waals surface area contributed by atoms with Crippen LogP contribution in [0.3, 0.4) is 0 Å². The molecule has 5 nitrogen and oxygen atoms in total. The third-order valence-electron chi connectivity index (χ3n) is 6.16. The summed E-state index contributed by atoms with van der Waals surface area (Å²) in [5, 5.41) is 5.75. The van der Waals surface area contributed by atoms with Crippen LogP contribution in [-0.4, -0.2) is 39.4 Å². The number of nitrogens with zero attached hydrogens (tertiary/aromatic N) is 4. The van der Waals surface area contributed by atoms with Gasteiger partial charge in [0, 0.05) is 56.2 Å². The first kappa shape index (κ1) is 20.0. The average Bonchev–Trinajstić information content (AvgIpc) is 3.35. The van der Waals surface area contributed by atoms with E-state index in [1.54, 1.807) is 7.11 Å². The fourth-order valence-electron chi connectivity index (χ4n) is 4.42. The Bertz CT molecular complexity index is 893. The number of hydrogen-bond donors (Lipinski definition) is 0. The zero-order chi connectivity index (χ0) is 20.1. The molecule has 0 spiro atoms. The Morgan fingerprint density at radius 3 is 2.69 bits per heavy atom. The van der Waals surface area contributed by atoms with E-state index in [-0.39, 0.29) is 0 Å². The van der Waals surface area contributed by atoms with E-state index in [1.807, 2.05) is 12.3 Å². The fraction of sp³-hybridized carbons (Fsp3) is 0.542. The van der Waals surface area contributed by atoms with Crippen molar-refractivity contribution in [2.75, 3.05) is 20.2 Å². The smallest absolute Gasteiger partial charge is 0.120 e. The summed E-state index contributed by atoms with van der Waals surface area (Å²) in [4.78, 5) is 2.51. The highest BCUT2D eigenvalue weighted by Crippen LogP contribution is 2.30. The summed E-state index contributed by atoms with van der Waals surface area (Å²) in [6.07, 6.45) is 14.3. The Morgan fingerprint density at radius 1 is 1.10 bits per heavy atom. The second kappa shape index (κ2) is 9.49. The minimum Gasteiger partial charge on any atom is -0.497 e. The molecule has 1 aliphatic heterocycles. The zero-order valence-electron chi connectivity index (χ0n) is 17.9. The van der Waals surface area contributed by atoms with Crippen molar-refractivity contribution in [1.82, 2.24) is 19.2 Å². The van der Waals surface area contributed by atoms with Crippen LogP contribution in [-0.2, 0) is 13.1 Å². The Kier molecular flexibility index (Phi) is 6.55. The molecule has 2 aromatic heterocycles. The number of hydrogen-bond acceptors (Lipinski definition) is 3. The highest BCUT2D eigenvalue weighted by atomic mass is 16.5. The van der Waals surface area contributed by atoms with Crippen molar-refractivity contribution in [1.29, 1.82) is 0 Å². The van der Waals surface area contributed by atoms with Crippen molar-refractivity contribution in [3.05, 3.63) is 48.4 Å². The van der Waals surface area contributed by atoms with Crippen molar-refractivity contribution >= 4 is 10.9 Å². The lowest BCUT2D eigenvalue weighted by Crippen LogP contribution is -2.47. The maximum Gasteiger partial charge on any atom is 0.120 e. The van der Waals surface area contributed by atoms with E-state index in [4.69, 9.17) is 4.74 Å². The molecular formula is C24H34N4O. The van der Waals surface area contributed by atoms with Gasteiger partial charge in [-0.15, -0.1) is 0 Å². The molecule has 0 amide bonds. The maximum absolute atomic E-state index is 5.49. The van der Waals surface area contributed by atoms with Crippen LogP contribution < -0.4 is 4.74 Å². The van der Waals surface area contributed by atoms with Gasteiger partial charge in [-0.25, -0.2) is 0 Å². The molecule has 0 saturated carbocycles. The molecule has 0 N–H and O–H groups in total. The summed E-state index contributed by atoms with van der Waals surface area (Å²) in [5.41, 5.74) is 2.73. The molecule has 0 bridgehead atoms. The molecule has 29 heavy (non-hydrogen) atoms. The monoisotopic (exact) mass is 394 g/mol. The first-order valence-corrected chi connectivity index (χ1v) is 11.2. The van der Waals surface area contributed by atoms with Crippen LogP contribution in [0, 0.1) is 0 Å². The van der Waals surface area contributed by atoms with E-state index in [9.17, 15) is 0 Å². The molecule has 0 atom stereocenters. The molecule has 0 unspecified atom stereocenters. The lowest BCUT2D eigenvalue weighted by molar-refractivity contribution is 0.0913. The van der Waals surface area contributed by atoms with Crippen molar-refractivity contribution in [3.8, 4) is 5.75 Å². The Hall–Kier alpha value is -2.27. The fourth-order valence-corrected chi connectivity index (χ4v) is 4.42. The summed E-state index contributed by atoms with van der Waals surface area (Å²) in [6, 6.07) is 9.03. The maximum atomic E-state index is 5.49. The van der Waals surface area contributed by atoms with Crippen LogP contribution in [0.25, 0.3) is 10.9 Å². The summed E-state index contributed by atoms with van der Waals surface area (Å²) < 4.78 is 10.0. The Labute approximate surface area is 174 Å². The molecule has 0 aliphatic carbocycles. The highest BCUT2D eigenvalue weighted by Gasteiger charge is 2.29. The van der Waals surface area contributed by atoms with Gasteiger partial charge in [-0.3, -0.25) is 9.58 Å². The average molecular weight is 395 g/mol. The number of methoxy groups -OCH3 is 1. The molecule has 4 rings (SSSR count). The molecule has 1 aliphatic rings. The van der Waals surface area contributed by atoms with Gasteiger partial charge in [0.25, 0.3) is 0 Å². The second-order valence-corrected chi connectivity index (χ2v) is 8.33. The molecule has 156 valence electrons. The van der Waals surface area contributed by atoms with Gasteiger partial charge in [0.05, 0.1) is 18.7 Å². The third kappa shape index (κ3) is 4.67. The van der Waals surface area contributed by atoms with Crippen molar-refractivity contribution in [2.24, 2.45) is 0 Å². The highest BCUT2D eigenvalue weighted by molar-refractivity contribution is 5.85. The molecular weight excluding hydrogens is 360 g/mol. The summed E-state index contributed by atoms with van der Waals surface area (Å²) in [7, 11) is 1.75. The topological polar surface area (TPSA) is 35.2 Å². The van der Waals surface area contributed by atoms with Crippen LogP contribution >= 0.6 is 0 Å². The normalized spacial score (nSPS) is 15.1.